The third kappa shape index (κ3) is 3.31. The molecule has 2 saturated heterocycles. The minimum atomic E-state index is -3.04. The Morgan fingerprint density at radius 3 is 2.58 bits per heavy atom. The summed E-state index contributed by atoms with van der Waals surface area (Å²) >= 11 is 0. The molecule has 1 aromatic rings. The molecular weight excluding hydrogens is 328 g/mol. The fourth-order valence-electron chi connectivity index (χ4n) is 3.58. The minimum absolute atomic E-state index is 0.0373. The Hall–Kier alpha value is -1.89. The van der Waals surface area contributed by atoms with Gasteiger partial charge in [0.05, 0.1) is 17.4 Å². The molecule has 3 rings (SSSR count). The molecule has 2 aliphatic rings. The number of amides is 2. The zero-order chi connectivity index (χ0) is 17.3. The van der Waals surface area contributed by atoms with Crippen LogP contribution in [0.1, 0.15) is 19.8 Å². The van der Waals surface area contributed by atoms with Crippen LogP contribution in [0.3, 0.4) is 0 Å². The van der Waals surface area contributed by atoms with Crippen molar-refractivity contribution in [1.82, 2.24) is 4.90 Å². The van der Waals surface area contributed by atoms with E-state index in [2.05, 4.69) is 0 Å². The highest BCUT2D eigenvalue weighted by atomic mass is 32.2. The van der Waals surface area contributed by atoms with Crippen molar-refractivity contribution in [3.05, 3.63) is 30.3 Å². The number of anilines is 1. The minimum Gasteiger partial charge on any atom is -0.339 e. The summed E-state index contributed by atoms with van der Waals surface area (Å²) in [6.07, 6.45) is 0.675. The van der Waals surface area contributed by atoms with Gasteiger partial charge in [0.15, 0.2) is 9.84 Å². The second kappa shape index (κ2) is 6.55. The lowest BCUT2D eigenvalue weighted by Crippen LogP contribution is -2.44. The molecule has 24 heavy (non-hydrogen) atoms. The molecule has 2 fully saturated rings. The summed E-state index contributed by atoms with van der Waals surface area (Å²) in [5.41, 5.74) is 0.796. The van der Waals surface area contributed by atoms with Crippen LogP contribution >= 0.6 is 0 Å². The van der Waals surface area contributed by atoms with Crippen molar-refractivity contribution < 1.29 is 18.0 Å². The second-order valence-corrected chi connectivity index (χ2v) is 8.65. The van der Waals surface area contributed by atoms with Crippen LogP contribution < -0.4 is 4.90 Å². The molecular formula is C17H22N2O4S. The summed E-state index contributed by atoms with van der Waals surface area (Å²) in [5, 5.41) is 0. The van der Waals surface area contributed by atoms with Gasteiger partial charge in [-0.3, -0.25) is 9.59 Å². The third-order valence-corrected chi connectivity index (χ3v) is 6.57. The highest BCUT2D eigenvalue weighted by Crippen LogP contribution is 2.28. The summed E-state index contributed by atoms with van der Waals surface area (Å²) in [6, 6.07) is 9.05. The number of hydrogen-bond donors (Lipinski definition) is 0. The van der Waals surface area contributed by atoms with Crippen molar-refractivity contribution in [2.24, 2.45) is 5.92 Å². The van der Waals surface area contributed by atoms with Crippen molar-refractivity contribution in [1.29, 1.82) is 0 Å². The van der Waals surface area contributed by atoms with E-state index < -0.39 is 15.8 Å². The summed E-state index contributed by atoms with van der Waals surface area (Å²) < 4.78 is 23.4. The molecule has 2 heterocycles. The van der Waals surface area contributed by atoms with Crippen LogP contribution in [0.2, 0.25) is 0 Å². The van der Waals surface area contributed by atoms with Gasteiger partial charge in [-0.25, -0.2) is 8.42 Å². The lowest BCUT2D eigenvalue weighted by Gasteiger charge is -2.29. The maximum absolute atomic E-state index is 12.8. The van der Waals surface area contributed by atoms with E-state index in [1.54, 1.807) is 9.80 Å². The van der Waals surface area contributed by atoms with Crippen molar-refractivity contribution in [3.8, 4) is 0 Å². The molecule has 2 atom stereocenters. The predicted octanol–water partition coefficient (Wildman–Crippen LogP) is 1.08. The maximum Gasteiger partial charge on any atom is 0.228 e. The van der Waals surface area contributed by atoms with Crippen molar-refractivity contribution in [2.45, 2.75) is 25.8 Å². The van der Waals surface area contributed by atoms with E-state index in [1.165, 1.54) is 0 Å². The molecule has 0 aliphatic carbocycles. The van der Waals surface area contributed by atoms with Crippen molar-refractivity contribution >= 4 is 27.3 Å². The molecule has 130 valence electrons. The Kier molecular flexibility index (Phi) is 4.62. The van der Waals surface area contributed by atoms with Crippen LogP contribution in [0.25, 0.3) is 0 Å². The smallest absolute Gasteiger partial charge is 0.228 e. The highest BCUT2D eigenvalue weighted by molar-refractivity contribution is 7.91. The first-order chi connectivity index (χ1) is 11.4. The third-order valence-electron chi connectivity index (χ3n) is 4.82. The van der Waals surface area contributed by atoms with Crippen molar-refractivity contribution in [2.75, 3.05) is 29.5 Å². The van der Waals surface area contributed by atoms with E-state index >= 15 is 0 Å². The standard InChI is InChI=1S/C17H22N2O4S/c1-2-18(15-8-9-24(22,23)12-15)17(21)13-10-16(20)19(11-13)14-6-4-3-5-7-14/h3-7,13,15H,2,8-12H2,1H3. The average Bonchev–Trinajstić information content (AvgIpc) is 3.11. The molecule has 6 nitrogen and oxygen atoms in total. The first kappa shape index (κ1) is 17.0. The maximum atomic E-state index is 12.8. The largest absolute Gasteiger partial charge is 0.339 e. The number of carbonyl (C=O) groups excluding carboxylic acids is 2. The molecule has 0 spiro atoms. The molecule has 0 radical (unpaired) electrons. The molecule has 0 aromatic heterocycles. The summed E-state index contributed by atoms with van der Waals surface area (Å²) in [5.74, 6) is -0.390. The number of benzene rings is 1. The first-order valence-corrected chi connectivity index (χ1v) is 10.1. The van der Waals surface area contributed by atoms with Crippen LogP contribution in [0.5, 0.6) is 0 Å². The molecule has 0 saturated carbocycles. The van der Waals surface area contributed by atoms with Crippen LogP contribution in [0.15, 0.2) is 30.3 Å². The van der Waals surface area contributed by atoms with Crippen LogP contribution in [0, 0.1) is 5.92 Å². The number of nitrogens with zero attached hydrogens (tertiary/aromatic N) is 2. The molecule has 2 amide bonds. The lowest BCUT2D eigenvalue weighted by molar-refractivity contribution is -0.137. The van der Waals surface area contributed by atoms with E-state index in [0.717, 1.165) is 5.69 Å². The molecule has 1 aromatic carbocycles. The van der Waals surface area contributed by atoms with Gasteiger partial charge in [-0.05, 0) is 25.5 Å². The fraction of sp³-hybridized carbons (Fsp3) is 0.529. The van der Waals surface area contributed by atoms with E-state index in [-0.39, 0.29) is 35.8 Å². The van der Waals surface area contributed by atoms with E-state index in [9.17, 15) is 18.0 Å². The summed E-state index contributed by atoms with van der Waals surface area (Å²) in [4.78, 5) is 28.4. The van der Waals surface area contributed by atoms with Crippen LogP contribution in [-0.2, 0) is 19.4 Å². The molecule has 0 N–H and O–H groups in total. The number of sulfone groups is 1. The van der Waals surface area contributed by atoms with E-state index in [4.69, 9.17) is 0 Å². The van der Waals surface area contributed by atoms with Gasteiger partial charge >= 0.3 is 0 Å². The van der Waals surface area contributed by atoms with Gasteiger partial charge in [-0.1, -0.05) is 18.2 Å². The first-order valence-electron chi connectivity index (χ1n) is 8.27. The van der Waals surface area contributed by atoms with E-state index in [1.807, 2.05) is 37.3 Å². The SMILES string of the molecule is CCN(C(=O)C1CC(=O)N(c2ccccc2)C1)C1CCS(=O)(=O)C1. The Bertz CT molecular complexity index is 732. The number of carbonyl (C=O) groups is 2. The van der Waals surface area contributed by atoms with Gasteiger partial charge in [0, 0.05) is 31.2 Å². The molecule has 2 unspecified atom stereocenters. The van der Waals surface area contributed by atoms with Gasteiger partial charge in [-0.15, -0.1) is 0 Å². The van der Waals surface area contributed by atoms with Gasteiger partial charge in [-0.2, -0.15) is 0 Å². The van der Waals surface area contributed by atoms with E-state index in [0.29, 0.717) is 19.5 Å². The Balaban J connectivity index is 1.72. The topological polar surface area (TPSA) is 74.8 Å². The lowest BCUT2D eigenvalue weighted by atomic mass is 10.1. The predicted molar refractivity (Wildman–Crippen MR) is 91.3 cm³/mol. The van der Waals surface area contributed by atoms with Gasteiger partial charge in [0.1, 0.15) is 0 Å². The number of hydrogen-bond acceptors (Lipinski definition) is 4. The average molecular weight is 350 g/mol. The Morgan fingerprint density at radius 1 is 1.29 bits per heavy atom. The van der Waals surface area contributed by atoms with Gasteiger partial charge in [0.2, 0.25) is 11.8 Å². The van der Waals surface area contributed by atoms with Crippen molar-refractivity contribution in [3.63, 3.8) is 0 Å². The quantitative estimate of drug-likeness (QED) is 0.814. The summed E-state index contributed by atoms with van der Waals surface area (Å²) in [7, 11) is -3.04. The zero-order valence-corrected chi connectivity index (χ0v) is 14.5. The second-order valence-electron chi connectivity index (χ2n) is 6.42. The normalized spacial score (nSPS) is 25.9. The zero-order valence-electron chi connectivity index (χ0n) is 13.7. The van der Waals surface area contributed by atoms with Crippen LogP contribution in [0.4, 0.5) is 5.69 Å². The fourth-order valence-corrected chi connectivity index (χ4v) is 5.31. The molecule has 0 bridgehead atoms. The van der Waals surface area contributed by atoms with Crippen LogP contribution in [-0.4, -0.2) is 55.8 Å². The Morgan fingerprint density at radius 2 is 2.00 bits per heavy atom. The molecule has 2 aliphatic heterocycles. The number of para-hydroxylation sites is 1. The molecule has 7 heteroatoms. The van der Waals surface area contributed by atoms with Gasteiger partial charge in [0.25, 0.3) is 0 Å². The monoisotopic (exact) mass is 350 g/mol. The summed E-state index contributed by atoms with van der Waals surface area (Å²) in [6.45, 7) is 2.68. The van der Waals surface area contributed by atoms with Gasteiger partial charge < -0.3 is 9.80 Å². The highest BCUT2D eigenvalue weighted by Gasteiger charge is 2.40. The Labute approximate surface area is 142 Å². The number of rotatable bonds is 4.